The van der Waals surface area contributed by atoms with E-state index in [1.165, 1.54) is 0 Å². The Bertz CT molecular complexity index is 621. The molecule has 0 bridgehead atoms. The van der Waals surface area contributed by atoms with Gasteiger partial charge in [-0.05, 0) is 18.6 Å². The zero-order valence-electron chi connectivity index (χ0n) is 10.5. The van der Waals surface area contributed by atoms with E-state index >= 15 is 0 Å². The van der Waals surface area contributed by atoms with Gasteiger partial charge in [-0.3, -0.25) is 4.79 Å². The lowest BCUT2D eigenvalue weighted by molar-refractivity contribution is -0.116. The van der Waals surface area contributed by atoms with E-state index in [1.807, 2.05) is 31.2 Å². The highest BCUT2D eigenvalue weighted by atomic mass is 32.1. The van der Waals surface area contributed by atoms with Gasteiger partial charge < -0.3 is 15.6 Å². The van der Waals surface area contributed by atoms with E-state index in [9.17, 15) is 4.79 Å². The van der Waals surface area contributed by atoms with Gasteiger partial charge in [-0.25, -0.2) is 4.98 Å². The Morgan fingerprint density at radius 2 is 2.21 bits per heavy atom. The van der Waals surface area contributed by atoms with Crippen LogP contribution in [0.5, 0.6) is 0 Å². The molecule has 1 aromatic heterocycles. The summed E-state index contributed by atoms with van der Waals surface area (Å²) >= 11 is 4.87. The predicted octanol–water partition coefficient (Wildman–Crippen LogP) is 1.46. The third-order valence-electron chi connectivity index (χ3n) is 2.67. The lowest BCUT2D eigenvalue weighted by Crippen LogP contribution is -2.23. The predicted molar refractivity (Wildman–Crippen MR) is 77.9 cm³/mol. The standard InChI is InChI=1S/C13H14N4OS/c1-9-4-2-3-5-10(9)16-11(18)8-17-7-6-15-13(17)12(14)19/h2-7H,8H2,1H3,(H2,14,19)(H,16,18). The molecule has 5 nitrogen and oxygen atoms in total. The van der Waals surface area contributed by atoms with Crippen molar-refractivity contribution in [3.05, 3.63) is 48.0 Å². The number of nitrogens with two attached hydrogens (primary N) is 1. The molecular formula is C13H14N4OS. The van der Waals surface area contributed by atoms with Crippen LogP contribution in [0.25, 0.3) is 0 Å². The zero-order chi connectivity index (χ0) is 13.8. The van der Waals surface area contributed by atoms with Crippen LogP contribution in [0.4, 0.5) is 5.69 Å². The average Bonchev–Trinajstić information content (AvgIpc) is 2.80. The molecular weight excluding hydrogens is 260 g/mol. The van der Waals surface area contributed by atoms with Crippen molar-refractivity contribution < 1.29 is 4.79 Å². The van der Waals surface area contributed by atoms with Gasteiger partial charge in [0.2, 0.25) is 5.91 Å². The van der Waals surface area contributed by atoms with Crippen molar-refractivity contribution >= 4 is 28.8 Å². The summed E-state index contributed by atoms with van der Waals surface area (Å²) in [6, 6.07) is 7.59. The zero-order valence-corrected chi connectivity index (χ0v) is 11.3. The molecule has 98 valence electrons. The number of rotatable bonds is 4. The SMILES string of the molecule is Cc1ccccc1NC(=O)Cn1ccnc1C(N)=S. The number of thiocarbonyl (C=S) groups is 1. The average molecular weight is 274 g/mol. The van der Waals surface area contributed by atoms with Crippen LogP contribution in [0.3, 0.4) is 0 Å². The monoisotopic (exact) mass is 274 g/mol. The molecule has 0 saturated heterocycles. The Kier molecular flexibility index (Phi) is 3.91. The van der Waals surface area contributed by atoms with Crippen molar-refractivity contribution in [1.29, 1.82) is 0 Å². The van der Waals surface area contributed by atoms with Gasteiger partial charge in [-0.1, -0.05) is 30.4 Å². The van der Waals surface area contributed by atoms with Crippen LogP contribution in [-0.2, 0) is 11.3 Å². The number of imidazole rings is 1. The van der Waals surface area contributed by atoms with E-state index in [1.54, 1.807) is 17.0 Å². The molecule has 0 fully saturated rings. The maximum absolute atomic E-state index is 12.0. The van der Waals surface area contributed by atoms with Crippen molar-refractivity contribution in [3.8, 4) is 0 Å². The van der Waals surface area contributed by atoms with Gasteiger partial charge in [-0.15, -0.1) is 0 Å². The van der Waals surface area contributed by atoms with Crippen molar-refractivity contribution in [3.63, 3.8) is 0 Å². The minimum atomic E-state index is -0.148. The number of benzene rings is 1. The Morgan fingerprint density at radius 1 is 1.47 bits per heavy atom. The number of anilines is 1. The number of nitrogens with zero attached hydrogens (tertiary/aromatic N) is 2. The minimum absolute atomic E-state index is 0.126. The first-order valence-electron chi connectivity index (χ1n) is 5.74. The number of nitrogens with one attached hydrogen (secondary N) is 1. The van der Waals surface area contributed by atoms with Crippen LogP contribution in [0, 0.1) is 6.92 Å². The van der Waals surface area contributed by atoms with Crippen molar-refractivity contribution in [2.24, 2.45) is 5.73 Å². The summed E-state index contributed by atoms with van der Waals surface area (Å²) in [5.74, 6) is 0.291. The van der Waals surface area contributed by atoms with E-state index in [0.717, 1.165) is 11.3 Å². The maximum atomic E-state index is 12.0. The fourth-order valence-electron chi connectivity index (χ4n) is 1.72. The number of amides is 1. The third kappa shape index (κ3) is 3.17. The number of hydrogen-bond acceptors (Lipinski definition) is 3. The second kappa shape index (κ2) is 5.62. The fraction of sp³-hybridized carbons (Fsp3) is 0.154. The summed E-state index contributed by atoms with van der Waals surface area (Å²) in [7, 11) is 0. The molecule has 2 aromatic rings. The molecule has 0 unspecified atom stereocenters. The van der Waals surface area contributed by atoms with E-state index in [2.05, 4.69) is 10.3 Å². The first-order valence-corrected chi connectivity index (χ1v) is 6.15. The van der Waals surface area contributed by atoms with Crippen LogP contribution in [0.1, 0.15) is 11.4 Å². The topological polar surface area (TPSA) is 72.9 Å². The Hall–Kier alpha value is -2.21. The largest absolute Gasteiger partial charge is 0.387 e. The van der Waals surface area contributed by atoms with Gasteiger partial charge in [0.15, 0.2) is 5.82 Å². The first kappa shape index (κ1) is 13.2. The van der Waals surface area contributed by atoms with E-state index in [4.69, 9.17) is 18.0 Å². The molecule has 0 saturated carbocycles. The molecule has 0 radical (unpaired) electrons. The van der Waals surface area contributed by atoms with Gasteiger partial charge in [0.1, 0.15) is 11.5 Å². The first-order chi connectivity index (χ1) is 9.08. The van der Waals surface area contributed by atoms with Crippen molar-refractivity contribution in [2.45, 2.75) is 13.5 Å². The second-order valence-corrected chi connectivity index (χ2v) is 4.55. The molecule has 3 N–H and O–H groups in total. The number of aromatic nitrogens is 2. The van der Waals surface area contributed by atoms with Crippen LogP contribution in [0.2, 0.25) is 0 Å². The van der Waals surface area contributed by atoms with Crippen LogP contribution in [-0.4, -0.2) is 20.4 Å². The molecule has 1 amide bonds. The number of carbonyl (C=O) groups excluding carboxylic acids is 1. The number of aryl methyl sites for hydroxylation is 1. The molecule has 0 atom stereocenters. The molecule has 0 aliphatic rings. The highest BCUT2D eigenvalue weighted by Gasteiger charge is 2.10. The van der Waals surface area contributed by atoms with Crippen molar-refractivity contribution in [1.82, 2.24) is 9.55 Å². The summed E-state index contributed by atoms with van der Waals surface area (Å²) < 4.78 is 1.62. The van der Waals surface area contributed by atoms with Gasteiger partial charge in [0, 0.05) is 18.1 Å². The smallest absolute Gasteiger partial charge is 0.244 e. The van der Waals surface area contributed by atoms with Gasteiger partial charge in [0.25, 0.3) is 0 Å². The second-order valence-electron chi connectivity index (χ2n) is 4.11. The Balaban J connectivity index is 2.08. The van der Waals surface area contributed by atoms with Crippen molar-refractivity contribution in [2.75, 3.05) is 5.32 Å². The summed E-state index contributed by atoms with van der Waals surface area (Å²) in [6.45, 7) is 2.06. The lowest BCUT2D eigenvalue weighted by Gasteiger charge is -2.09. The number of para-hydroxylation sites is 1. The molecule has 0 spiro atoms. The molecule has 6 heteroatoms. The third-order valence-corrected chi connectivity index (χ3v) is 2.85. The molecule has 0 aliphatic carbocycles. The van der Waals surface area contributed by atoms with Gasteiger partial charge in [0.05, 0.1) is 0 Å². The van der Waals surface area contributed by atoms with Crippen LogP contribution < -0.4 is 11.1 Å². The molecule has 0 aliphatic heterocycles. The molecule has 1 heterocycles. The summed E-state index contributed by atoms with van der Waals surface area (Å²) in [6.07, 6.45) is 3.24. The van der Waals surface area contributed by atoms with E-state index in [-0.39, 0.29) is 17.4 Å². The lowest BCUT2D eigenvalue weighted by atomic mass is 10.2. The molecule has 1 aromatic carbocycles. The van der Waals surface area contributed by atoms with Gasteiger partial charge in [-0.2, -0.15) is 0 Å². The Labute approximate surface area is 116 Å². The highest BCUT2D eigenvalue weighted by molar-refractivity contribution is 7.80. The number of hydrogen-bond donors (Lipinski definition) is 2. The summed E-state index contributed by atoms with van der Waals surface area (Å²) in [5, 5.41) is 2.84. The Morgan fingerprint density at radius 3 is 2.89 bits per heavy atom. The summed E-state index contributed by atoms with van der Waals surface area (Å²) in [4.78, 5) is 16.1. The maximum Gasteiger partial charge on any atom is 0.244 e. The number of carbonyl (C=O) groups is 1. The fourth-order valence-corrected chi connectivity index (χ4v) is 1.89. The molecule has 2 rings (SSSR count). The highest BCUT2D eigenvalue weighted by Crippen LogP contribution is 2.13. The van der Waals surface area contributed by atoms with Crippen LogP contribution >= 0.6 is 12.2 Å². The molecule has 19 heavy (non-hydrogen) atoms. The van der Waals surface area contributed by atoms with E-state index < -0.39 is 0 Å². The minimum Gasteiger partial charge on any atom is -0.387 e. The quantitative estimate of drug-likeness (QED) is 0.828. The normalized spacial score (nSPS) is 10.2. The van der Waals surface area contributed by atoms with Crippen LogP contribution in [0.15, 0.2) is 36.7 Å². The van der Waals surface area contributed by atoms with E-state index in [0.29, 0.717) is 5.82 Å². The summed E-state index contributed by atoms with van der Waals surface area (Å²) in [5.41, 5.74) is 7.33. The van der Waals surface area contributed by atoms with Gasteiger partial charge >= 0.3 is 0 Å².